The van der Waals surface area contributed by atoms with Crippen LogP contribution in [0.2, 0.25) is 5.02 Å². The van der Waals surface area contributed by atoms with Crippen LogP contribution in [0.5, 0.6) is 11.5 Å². The Kier molecular flexibility index (Phi) is 6.78. The Balaban J connectivity index is 2.79. The lowest BCUT2D eigenvalue weighted by Crippen LogP contribution is -2.23. The molecule has 0 saturated carbocycles. The topological polar surface area (TPSA) is 64.8 Å². The molecule has 0 heterocycles. The molecule has 118 valence electrons. The molecule has 1 unspecified atom stereocenters. The third kappa shape index (κ3) is 5.44. The number of rotatable bonds is 7. The van der Waals surface area contributed by atoms with Gasteiger partial charge in [0.1, 0.15) is 0 Å². The molecule has 1 aromatic carbocycles. The Hall–Kier alpha value is -1.46. The highest BCUT2D eigenvalue weighted by Crippen LogP contribution is 2.36. The van der Waals surface area contributed by atoms with Gasteiger partial charge in [-0.05, 0) is 31.0 Å². The minimum Gasteiger partial charge on any atom is -0.493 e. The smallest absolute Gasteiger partial charge is 0.225 e. The van der Waals surface area contributed by atoms with Crippen LogP contribution in [0.1, 0.15) is 18.9 Å². The van der Waals surface area contributed by atoms with Gasteiger partial charge in [0.15, 0.2) is 11.5 Å². The molecule has 0 fully saturated rings. The van der Waals surface area contributed by atoms with E-state index < -0.39 is 0 Å². The summed E-state index contributed by atoms with van der Waals surface area (Å²) in [5.74, 6) is 1.01. The van der Waals surface area contributed by atoms with Crippen molar-refractivity contribution in [2.45, 2.75) is 25.8 Å². The van der Waals surface area contributed by atoms with Gasteiger partial charge < -0.3 is 20.1 Å². The molecule has 1 aromatic rings. The highest BCUT2D eigenvalue weighted by atomic mass is 35.5. The molecule has 0 bridgehead atoms. The first-order valence-electron chi connectivity index (χ1n) is 6.80. The minimum atomic E-state index is -0.00124. The van der Waals surface area contributed by atoms with Gasteiger partial charge in [0, 0.05) is 20.1 Å². The van der Waals surface area contributed by atoms with E-state index >= 15 is 0 Å². The van der Waals surface area contributed by atoms with Gasteiger partial charge in [-0.2, -0.15) is 0 Å². The van der Waals surface area contributed by atoms with Gasteiger partial charge in [0.05, 0.1) is 25.2 Å². The van der Waals surface area contributed by atoms with Gasteiger partial charge in [-0.25, -0.2) is 0 Å². The van der Waals surface area contributed by atoms with Gasteiger partial charge in [-0.15, -0.1) is 0 Å². The third-order valence-electron chi connectivity index (χ3n) is 2.91. The zero-order chi connectivity index (χ0) is 16.0. The van der Waals surface area contributed by atoms with Crippen LogP contribution in [-0.4, -0.2) is 44.7 Å². The molecule has 0 aliphatic carbocycles. The van der Waals surface area contributed by atoms with E-state index in [4.69, 9.17) is 26.8 Å². The maximum Gasteiger partial charge on any atom is 0.225 e. The van der Waals surface area contributed by atoms with Crippen molar-refractivity contribution < 1.29 is 14.3 Å². The van der Waals surface area contributed by atoms with Crippen LogP contribution in [0, 0.1) is 0 Å². The Morgan fingerprint density at radius 2 is 2.10 bits per heavy atom. The summed E-state index contributed by atoms with van der Waals surface area (Å²) < 4.78 is 10.9. The number of benzene rings is 1. The van der Waals surface area contributed by atoms with Crippen LogP contribution >= 0.6 is 11.6 Å². The van der Waals surface area contributed by atoms with Gasteiger partial charge in [0.25, 0.3) is 0 Å². The number of halogens is 1. The van der Waals surface area contributed by atoms with Crippen molar-refractivity contribution in [1.29, 1.82) is 0 Å². The first kappa shape index (κ1) is 17.6. The maximum atomic E-state index is 11.5. The lowest BCUT2D eigenvalue weighted by atomic mass is 10.1. The van der Waals surface area contributed by atoms with Crippen molar-refractivity contribution in [2.24, 2.45) is 5.73 Å². The van der Waals surface area contributed by atoms with Crippen LogP contribution < -0.4 is 15.2 Å². The molecule has 0 aromatic heterocycles. The van der Waals surface area contributed by atoms with Gasteiger partial charge in [-0.1, -0.05) is 11.6 Å². The van der Waals surface area contributed by atoms with E-state index in [1.165, 1.54) is 4.90 Å². The lowest BCUT2D eigenvalue weighted by Gasteiger charge is -2.16. The van der Waals surface area contributed by atoms with E-state index in [0.29, 0.717) is 22.9 Å². The number of carbonyl (C=O) groups excluding carboxylic acids is 1. The molecule has 0 aliphatic heterocycles. The molecule has 5 nitrogen and oxygen atoms in total. The van der Waals surface area contributed by atoms with Crippen molar-refractivity contribution in [3.63, 3.8) is 0 Å². The number of hydrogen-bond donors (Lipinski definition) is 1. The molecule has 21 heavy (non-hydrogen) atoms. The fourth-order valence-electron chi connectivity index (χ4n) is 1.87. The summed E-state index contributed by atoms with van der Waals surface area (Å²) in [6.07, 6.45) is 0.990. The van der Waals surface area contributed by atoms with Crippen LogP contribution in [0.15, 0.2) is 12.1 Å². The Bertz CT molecular complexity index is 490. The summed E-state index contributed by atoms with van der Waals surface area (Å²) in [6, 6.07) is 3.71. The molecular formula is C15H23ClN2O3. The van der Waals surface area contributed by atoms with E-state index in [2.05, 4.69) is 0 Å². The first-order valence-corrected chi connectivity index (χ1v) is 7.18. The van der Waals surface area contributed by atoms with Crippen LogP contribution in [0.25, 0.3) is 0 Å². The summed E-state index contributed by atoms with van der Waals surface area (Å²) in [6.45, 7) is 2.18. The minimum absolute atomic E-state index is 0.00124. The third-order valence-corrected chi connectivity index (χ3v) is 3.19. The first-order chi connectivity index (χ1) is 9.85. The highest BCUT2D eigenvalue weighted by Gasteiger charge is 2.14. The van der Waals surface area contributed by atoms with Gasteiger partial charge in [-0.3, -0.25) is 4.79 Å². The van der Waals surface area contributed by atoms with Crippen LogP contribution in [0.4, 0.5) is 0 Å². The summed E-state index contributed by atoms with van der Waals surface area (Å²) in [7, 11) is 4.97. The number of nitrogens with two attached hydrogens (primary N) is 1. The van der Waals surface area contributed by atoms with E-state index in [0.717, 1.165) is 5.56 Å². The highest BCUT2D eigenvalue weighted by molar-refractivity contribution is 6.32. The molecule has 1 amide bonds. The molecule has 6 heteroatoms. The predicted molar refractivity (Wildman–Crippen MR) is 84.2 cm³/mol. The molecule has 0 aliphatic rings. The fraction of sp³-hybridized carbons (Fsp3) is 0.533. The van der Waals surface area contributed by atoms with Crippen molar-refractivity contribution in [3.05, 3.63) is 22.7 Å². The van der Waals surface area contributed by atoms with E-state index in [9.17, 15) is 4.79 Å². The molecule has 1 atom stereocenters. The van der Waals surface area contributed by atoms with Crippen molar-refractivity contribution in [2.75, 3.05) is 27.8 Å². The van der Waals surface area contributed by atoms with Gasteiger partial charge >= 0.3 is 0 Å². The Morgan fingerprint density at radius 1 is 1.43 bits per heavy atom. The monoisotopic (exact) mass is 314 g/mol. The number of nitrogens with zero attached hydrogens (tertiary/aromatic N) is 1. The second kappa shape index (κ2) is 8.10. The second-order valence-electron chi connectivity index (χ2n) is 5.18. The molecule has 2 N–H and O–H groups in total. The van der Waals surface area contributed by atoms with E-state index in [1.807, 2.05) is 19.1 Å². The van der Waals surface area contributed by atoms with Crippen molar-refractivity contribution in [1.82, 2.24) is 4.90 Å². The summed E-state index contributed by atoms with van der Waals surface area (Å²) >= 11 is 6.23. The quantitative estimate of drug-likeness (QED) is 0.837. The average molecular weight is 315 g/mol. The van der Waals surface area contributed by atoms with Crippen molar-refractivity contribution >= 4 is 17.5 Å². The molecule has 1 rings (SSSR count). The summed E-state index contributed by atoms with van der Waals surface area (Å²) in [4.78, 5) is 13.0. The SMILES string of the molecule is COc1cc(CC(C)N)cc(Cl)c1OCCC(=O)N(C)C. The zero-order valence-electron chi connectivity index (χ0n) is 13.0. The van der Waals surface area contributed by atoms with Gasteiger partial charge in [0.2, 0.25) is 5.91 Å². The number of methoxy groups -OCH3 is 1. The normalized spacial score (nSPS) is 11.9. The van der Waals surface area contributed by atoms with E-state index in [-0.39, 0.29) is 25.0 Å². The Labute approximate surface area is 131 Å². The average Bonchev–Trinajstić information content (AvgIpc) is 2.39. The predicted octanol–water partition coefficient (Wildman–Crippen LogP) is 2.10. The van der Waals surface area contributed by atoms with Crippen molar-refractivity contribution in [3.8, 4) is 11.5 Å². The Morgan fingerprint density at radius 3 is 2.62 bits per heavy atom. The largest absolute Gasteiger partial charge is 0.493 e. The molecule has 0 saturated heterocycles. The number of hydrogen-bond acceptors (Lipinski definition) is 4. The summed E-state index contributed by atoms with van der Waals surface area (Å²) in [5.41, 5.74) is 6.78. The maximum absolute atomic E-state index is 11.5. The number of amides is 1. The van der Waals surface area contributed by atoms with E-state index in [1.54, 1.807) is 21.2 Å². The lowest BCUT2D eigenvalue weighted by molar-refractivity contribution is -0.129. The number of carbonyl (C=O) groups is 1. The fourth-order valence-corrected chi connectivity index (χ4v) is 2.15. The van der Waals surface area contributed by atoms with Crippen LogP contribution in [-0.2, 0) is 11.2 Å². The molecule has 0 radical (unpaired) electrons. The molecule has 0 spiro atoms. The molecular weight excluding hydrogens is 292 g/mol. The number of ether oxygens (including phenoxy) is 2. The zero-order valence-corrected chi connectivity index (χ0v) is 13.7. The summed E-state index contributed by atoms with van der Waals surface area (Å²) in [5, 5.41) is 0.460. The standard InChI is InChI=1S/C15H23ClN2O3/c1-10(17)7-11-8-12(16)15(13(9-11)20-4)21-6-5-14(19)18(2)3/h8-10H,5-7,17H2,1-4H3. The second-order valence-corrected chi connectivity index (χ2v) is 5.58. The van der Waals surface area contributed by atoms with Crippen LogP contribution in [0.3, 0.4) is 0 Å².